The number of rotatable bonds is 0. The lowest BCUT2D eigenvalue weighted by atomic mass is 10.0. The monoisotopic (exact) mass is 154 g/mol. The molecule has 4 N–H and O–H groups in total. The minimum absolute atomic E-state index is 0.147. The SMILES string of the molecule is CC1=C(O)C(C)=C(C)C(N)N1. The number of nitrogens with two attached hydrogens (primary N) is 1. The molecule has 1 aliphatic rings. The molecule has 1 unspecified atom stereocenters. The lowest BCUT2D eigenvalue weighted by molar-refractivity contribution is 0.396. The fraction of sp³-hybridized carbons (Fsp3) is 0.500. The largest absolute Gasteiger partial charge is 0.506 e. The number of aliphatic hydroxyl groups excluding tert-OH is 1. The summed E-state index contributed by atoms with van der Waals surface area (Å²) in [5.41, 5.74) is 8.33. The number of dihydropyridines is 1. The molecule has 1 aliphatic heterocycles. The maximum atomic E-state index is 9.44. The van der Waals surface area contributed by atoms with Crippen molar-refractivity contribution in [2.24, 2.45) is 5.73 Å². The Morgan fingerprint density at radius 1 is 1.36 bits per heavy atom. The number of nitrogens with one attached hydrogen (secondary N) is 1. The maximum absolute atomic E-state index is 9.44. The van der Waals surface area contributed by atoms with Gasteiger partial charge < -0.3 is 16.2 Å². The van der Waals surface area contributed by atoms with Gasteiger partial charge in [-0.1, -0.05) is 0 Å². The summed E-state index contributed by atoms with van der Waals surface area (Å²) >= 11 is 0. The van der Waals surface area contributed by atoms with E-state index in [2.05, 4.69) is 5.32 Å². The summed E-state index contributed by atoms with van der Waals surface area (Å²) in [5, 5.41) is 12.4. The van der Waals surface area contributed by atoms with Crippen LogP contribution < -0.4 is 11.1 Å². The summed E-state index contributed by atoms with van der Waals surface area (Å²) in [4.78, 5) is 0. The van der Waals surface area contributed by atoms with Gasteiger partial charge in [-0.15, -0.1) is 0 Å². The fourth-order valence-electron chi connectivity index (χ4n) is 1.11. The van der Waals surface area contributed by atoms with Gasteiger partial charge in [-0.2, -0.15) is 0 Å². The van der Waals surface area contributed by atoms with Crippen molar-refractivity contribution in [3.05, 3.63) is 22.6 Å². The second-order valence-corrected chi connectivity index (χ2v) is 2.90. The van der Waals surface area contributed by atoms with Crippen LogP contribution in [0.4, 0.5) is 0 Å². The zero-order valence-corrected chi connectivity index (χ0v) is 7.10. The fourth-order valence-corrected chi connectivity index (χ4v) is 1.11. The molecule has 0 bridgehead atoms. The molecular formula is C8H14N2O. The smallest absolute Gasteiger partial charge is 0.137 e. The first-order valence-electron chi connectivity index (χ1n) is 3.63. The van der Waals surface area contributed by atoms with Crippen LogP contribution in [0.3, 0.4) is 0 Å². The summed E-state index contributed by atoms with van der Waals surface area (Å²) in [5.74, 6) is 0.323. The second kappa shape index (κ2) is 2.58. The van der Waals surface area contributed by atoms with Crippen molar-refractivity contribution in [2.45, 2.75) is 26.9 Å². The molecule has 0 amide bonds. The van der Waals surface area contributed by atoms with Crippen LogP contribution in [0.25, 0.3) is 0 Å². The Hall–Kier alpha value is -0.960. The van der Waals surface area contributed by atoms with E-state index < -0.39 is 0 Å². The second-order valence-electron chi connectivity index (χ2n) is 2.90. The molecule has 0 aromatic rings. The molecule has 3 nitrogen and oxygen atoms in total. The van der Waals surface area contributed by atoms with E-state index in [1.807, 2.05) is 20.8 Å². The molecule has 0 fully saturated rings. The molecule has 1 rings (SSSR count). The van der Waals surface area contributed by atoms with Crippen molar-refractivity contribution in [3.63, 3.8) is 0 Å². The first-order valence-corrected chi connectivity index (χ1v) is 3.63. The molecule has 62 valence electrons. The van der Waals surface area contributed by atoms with E-state index >= 15 is 0 Å². The molecule has 0 aromatic carbocycles. The Labute approximate surface area is 66.6 Å². The third-order valence-corrected chi connectivity index (χ3v) is 2.14. The van der Waals surface area contributed by atoms with Crippen LogP contribution in [-0.2, 0) is 0 Å². The summed E-state index contributed by atoms with van der Waals surface area (Å²) in [6.45, 7) is 5.59. The van der Waals surface area contributed by atoms with Gasteiger partial charge in [0.1, 0.15) is 5.76 Å². The first-order chi connectivity index (χ1) is 5.04. The highest BCUT2D eigenvalue weighted by atomic mass is 16.3. The third kappa shape index (κ3) is 1.24. The Kier molecular flexibility index (Phi) is 1.91. The van der Waals surface area contributed by atoms with E-state index in [9.17, 15) is 5.11 Å². The predicted octanol–water partition coefficient (Wildman–Crippen LogP) is 1.00. The highest BCUT2D eigenvalue weighted by Crippen LogP contribution is 2.20. The van der Waals surface area contributed by atoms with Crippen molar-refractivity contribution in [2.75, 3.05) is 0 Å². The van der Waals surface area contributed by atoms with E-state index in [0.717, 1.165) is 16.8 Å². The first kappa shape index (κ1) is 8.14. The van der Waals surface area contributed by atoms with Gasteiger partial charge in [0, 0.05) is 0 Å². The molecule has 0 aromatic heterocycles. The minimum Gasteiger partial charge on any atom is -0.506 e. The highest BCUT2D eigenvalue weighted by molar-refractivity contribution is 5.36. The lowest BCUT2D eigenvalue weighted by Gasteiger charge is -2.24. The average molecular weight is 154 g/mol. The van der Waals surface area contributed by atoms with Crippen LogP contribution in [0.15, 0.2) is 22.6 Å². The number of hydrogen-bond acceptors (Lipinski definition) is 3. The minimum atomic E-state index is -0.147. The normalized spacial score (nSPS) is 25.6. The Bertz CT molecular complexity index is 240. The molecule has 0 saturated carbocycles. The zero-order chi connectivity index (χ0) is 8.59. The molecule has 0 radical (unpaired) electrons. The van der Waals surface area contributed by atoms with Crippen molar-refractivity contribution < 1.29 is 5.11 Å². The molecule has 3 heteroatoms. The number of allylic oxidation sites excluding steroid dienone is 2. The van der Waals surface area contributed by atoms with Gasteiger partial charge in [-0.05, 0) is 31.9 Å². The number of aliphatic hydroxyl groups is 1. The molecule has 1 heterocycles. The topological polar surface area (TPSA) is 58.3 Å². The molecule has 1 atom stereocenters. The van der Waals surface area contributed by atoms with Crippen LogP contribution in [0.1, 0.15) is 20.8 Å². The van der Waals surface area contributed by atoms with Crippen LogP contribution in [0.2, 0.25) is 0 Å². The van der Waals surface area contributed by atoms with Crippen LogP contribution in [0, 0.1) is 0 Å². The van der Waals surface area contributed by atoms with Gasteiger partial charge in [0.2, 0.25) is 0 Å². The van der Waals surface area contributed by atoms with Crippen LogP contribution in [0.5, 0.6) is 0 Å². The summed E-state index contributed by atoms with van der Waals surface area (Å²) < 4.78 is 0. The van der Waals surface area contributed by atoms with E-state index in [1.54, 1.807) is 0 Å². The van der Waals surface area contributed by atoms with E-state index in [1.165, 1.54) is 0 Å². The molecule has 0 aliphatic carbocycles. The van der Waals surface area contributed by atoms with Gasteiger partial charge in [-0.25, -0.2) is 0 Å². The molecule has 0 saturated heterocycles. The van der Waals surface area contributed by atoms with Crippen molar-refractivity contribution in [3.8, 4) is 0 Å². The van der Waals surface area contributed by atoms with Crippen LogP contribution >= 0.6 is 0 Å². The molecule has 11 heavy (non-hydrogen) atoms. The molecule has 0 spiro atoms. The third-order valence-electron chi connectivity index (χ3n) is 2.14. The van der Waals surface area contributed by atoms with Gasteiger partial charge in [-0.3, -0.25) is 0 Å². The predicted molar refractivity (Wildman–Crippen MR) is 44.8 cm³/mol. The average Bonchev–Trinajstić information content (AvgIpc) is 1.97. The van der Waals surface area contributed by atoms with Crippen molar-refractivity contribution in [1.82, 2.24) is 5.32 Å². The Balaban J connectivity index is 3.07. The van der Waals surface area contributed by atoms with Crippen molar-refractivity contribution in [1.29, 1.82) is 0 Å². The Morgan fingerprint density at radius 2 is 1.91 bits per heavy atom. The van der Waals surface area contributed by atoms with Gasteiger partial charge in [0.25, 0.3) is 0 Å². The Morgan fingerprint density at radius 3 is 2.45 bits per heavy atom. The van der Waals surface area contributed by atoms with E-state index in [-0.39, 0.29) is 6.17 Å². The maximum Gasteiger partial charge on any atom is 0.137 e. The van der Waals surface area contributed by atoms with Gasteiger partial charge in [0.05, 0.1) is 11.9 Å². The zero-order valence-electron chi connectivity index (χ0n) is 7.10. The summed E-state index contributed by atoms with van der Waals surface area (Å²) in [7, 11) is 0. The lowest BCUT2D eigenvalue weighted by Crippen LogP contribution is -2.40. The van der Waals surface area contributed by atoms with Gasteiger partial charge >= 0.3 is 0 Å². The van der Waals surface area contributed by atoms with Gasteiger partial charge in [0.15, 0.2) is 0 Å². The highest BCUT2D eigenvalue weighted by Gasteiger charge is 2.17. The quantitative estimate of drug-likeness (QED) is 0.488. The van der Waals surface area contributed by atoms with E-state index in [0.29, 0.717) is 5.76 Å². The summed E-state index contributed by atoms with van der Waals surface area (Å²) in [6, 6.07) is 0. The summed E-state index contributed by atoms with van der Waals surface area (Å²) in [6.07, 6.45) is -0.147. The standard InChI is InChI=1S/C8H14N2O/c1-4-5(2)8(9)10-6(3)7(4)11/h8,10-11H,9H2,1-3H3. The molecular weight excluding hydrogens is 140 g/mol. The number of hydrogen-bond donors (Lipinski definition) is 3. The van der Waals surface area contributed by atoms with Crippen LogP contribution in [-0.4, -0.2) is 11.3 Å². The van der Waals surface area contributed by atoms with Crippen molar-refractivity contribution >= 4 is 0 Å². The van der Waals surface area contributed by atoms with E-state index in [4.69, 9.17) is 5.73 Å².